The molecule has 6 atom stereocenters. The molecule has 2 aromatic carbocycles. The van der Waals surface area contributed by atoms with Crippen molar-refractivity contribution in [2.24, 2.45) is 0 Å². The number of aliphatic hydroxyl groups excluding tert-OH is 5. The number of ether oxygens (including phenoxy) is 2. The topological polar surface area (TPSA) is 140 Å². The Bertz CT molecular complexity index is 946. The number of rotatable bonds is 8. The van der Waals surface area contributed by atoms with Crippen LogP contribution >= 0.6 is 0 Å². The van der Waals surface area contributed by atoms with Gasteiger partial charge in [0.05, 0.1) is 18.7 Å². The molecule has 0 saturated carbocycles. The van der Waals surface area contributed by atoms with Crippen LogP contribution in [0.4, 0.5) is 4.79 Å². The number of β-amino-alcohol motifs (C(OH)–C–C–N with tert-alkyl or cyclic N) is 1. The average Bonchev–Trinajstić information content (AvgIpc) is 3.10. The van der Waals surface area contributed by atoms with Gasteiger partial charge in [0, 0.05) is 0 Å². The molecule has 186 valence electrons. The van der Waals surface area contributed by atoms with Crippen LogP contribution in [0.15, 0.2) is 42.5 Å². The van der Waals surface area contributed by atoms with E-state index in [4.69, 9.17) is 9.47 Å². The highest BCUT2D eigenvalue weighted by atomic mass is 16.6. The van der Waals surface area contributed by atoms with Gasteiger partial charge in [-0.15, -0.1) is 0 Å². The molecule has 1 aliphatic heterocycles. The van der Waals surface area contributed by atoms with Crippen LogP contribution in [0.2, 0.25) is 0 Å². The molecule has 0 aliphatic carbocycles. The number of carbonyl (C=O) groups is 1. The van der Waals surface area contributed by atoms with E-state index in [1.54, 1.807) is 24.3 Å². The van der Waals surface area contributed by atoms with E-state index >= 15 is 0 Å². The number of aryl methyl sites for hydroxylation is 3. The molecule has 5 N–H and O–H groups in total. The maximum absolute atomic E-state index is 12.6. The second kappa shape index (κ2) is 11.2. The Morgan fingerprint density at radius 1 is 1.06 bits per heavy atom. The van der Waals surface area contributed by atoms with Gasteiger partial charge in [0.25, 0.3) is 0 Å². The van der Waals surface area contributed by atoms with Gasteiger partial charge in [0.15, 0.2) is 0 Å². The Kier molecular flexibility index (Phi) is 8.51. The van der Waals surface area contributed by atoms with Crippen molar-refractivity contribution >= 4 is 6.09 Å². The third kappa shape index (κ3) is 5.86. The summed E-state index contributed by atoms with van der Waals surface area (Å²) < 4.78 is 10.9. The lowest BCUT2D eigenvalue weighted by Crippen LogP contribution is -2.55. The molecule has 1 saturated heterocycles. The van der Waals surface area contributed by atoms with Crippen molar-refractivity contribution < 1.29 is 39.8 Å². The van der Waals surface area contributed by atoms with Crippen LogP contribution < -0.4 is 4.74 Å². The zero-order chi connectivity index (χ0) is 25.0. The largest absolute Gasteiger partial charge is 0.490 e. The number of nitrogens with zero attached hydrogens (tertiary/aromatic N) is 1. The molecular formula is C25H33NO8. The van der Waals surface area contributed by atoms with Gasteiger partial charge in [-0.25, -0.2) is 4.79 Å². The number of aliphatic hydroxyl groups is 5. The number of hydrogen-bond donors (Lipinski definition) is 5. The predicted octanol–water partition coefficient (Wildman–Crippen LogP) is 0.816. The van der Waals surface area contributed by atoms with E-state index in [1.807, 2.05) is 39.0 Å². The molecule has 1 heterocycles. The minimum atomic E-state index is -1.77. The Morgan fingerprint density at radius 3 is 2.29 bits per heavy atom. The van der Waals surface area contributed by atoms with Crippen LogP contribution in [0.5, 0.6) is 5.75 Å². The quantitative estimate of drug-likeness (QED) is 0.378. The van der Waals surface area contributed by atoms with Crippen molar-refractivity contribution in [3.8, 4) is 5.75 Å². The minimum absolute atomic E-state index is 0.0422. The highest BCUT2D eigenvalue weighted by molar-refractivity contribution is 5.69. The fourth-order valence-corrected chi connectivity index (χ4v) is 4.32. The second-order valence-electron chi connectivity index (χ2n) is 8.83. The summed E-state index contributed by atoms with van der Waals surface area (Å²) in [7, 11) is 0. The van der Waals surface area contributed by atoms with Crippen LogP contribution in [-0.2, 0) is 11.3 Å². The summed E-state index contributed by atoms with van der Waals surface area (Å²) in [5, 5.41) is 52.3. The molecule has 3 rings (SSSR count). The lowest BCUT2D eigenvalue weighted by Gasteiger charge is -2.33. The molecule has 1 fully saturated rings. The van der Waals surface area contributed by atoms with Gasteiger partial charge in [-0.3, -0.25) is 4.90 Å². The van der Waals surface area contributed by atoms with Gasteiger partial charge in [0.2, 0.25) is 0 Å². The zero-order valence-corrected chi connectivity index (χ0v) is 19.5. The Labute approximate surface area is 198 Å². The Balaban J connectivity index is 1.64. The fourth-order valence-electron chi connectivity index (χ4n) is 4.32. The molecule has 0 aromatic heterocycles. The molecule has 2 aromatic rings. The monoisotopic (exact) mass is 475 g/mol. The van der Waals surface area contributed by atoms with Gasteiger partial charge in [-0.2, -0.15) is 0 Å². The number of amides is 1. The van der Waals surface area contributed by atoms with Crippen molar-refractivity contribution in [1.29, 1.82) is 0 Å². The minimum Gasteiger partial charge on any atom is -0.490 e. The first-order valence-corrected chi connectivity index (χ1v) is 11.2. The van der Waals surface area contributed by atoms with Gasteiger partial charge < -0.3 is 35.0 Å². The van der Waals surface area contributed by atoms with Crippen molar-refractivity contribution in [1.82, 2.24) is 4.90 Å². The van der Waals surface area contributed by atoms with Gasteiger partial charge in [0.1, 0.15) is 43.4 Å². The van der Waals surface area contributed by atoms with E-state index in [1.165, 1.54) is 0 Å². The van der Waals surface area contributed by atoms with Gasteiger partial charge in [-0.1, -0.05) is 48.0 Å². The van der Waals surface area contributed by atoms with Crippen LogP contribution in [0.25, 0.3) is 0 Å². The summed E-state index contributed by atoms with van der Waals surface area (Å²) in [6.45, 7) is 5.02. The first-order valence-electron chi connectivity index (χ1n) is 11.2. The van der Waals surface area contributed by atoms with E-state index in [0.29, 0.717) is 5.75 Å². The first kappa shape index (κ1) is 25.9. The third-order valence-corrected chi connectivity index (χ3v) is 6.02. The lowest BCUT2D eigenvalue weighted by atomic mass is 9.97. The van der Waals surface area contributed by atoms with Crippen molar-refractivity contribution in [3.05, 3.63) is 64.7 Å². The molecule has 1 amide bonds. The van der Waals surface area contributed by atoms with Crippen LogP contribution in [-0.4, -0.2) is 86.2 Å². The number of hydrogen-bond acceptors (Lipinski definition) is 8. The summed E-state index contributed by atoms with van der Waals surface area (Å²) in [5.41, 5.74) is 3.52. The highest BCUT2D eigenvalue weighted by Gasteiger charge is 2.49. The van der Waals surface area contributed by atoms with E-state index in [9.17, 15) is 30.3 Å². The van der Waals surface area contributed by atoms with E-state index in [0.717, 1.165) is 27.2 Å². The lowest BCUT2D eigenvalue weighted by molar-refractivity contribution is -0.110. The van der Waals surface area contributed by atoms with Gasteiger partial charge in [-0.05, 0) is 37.5 Å². The summed E-state index contributed by atoms with van der Waals surface area (Å²) in [6, 6.07) is 11.4. The molecule has 1 aliphatic rings. The van der Waals surface area contributed by atoms with Gasteiger partial charge >= 0.3 is 6.09 Å². The molecule has 0 bridgehead atoms. The molecular weight excluding hydrogens is 442 g/mol. The van der Waals surface area contributed by atoms with Crippen LogP contribution in [0.3, 0.4) is 0 Å². The SMILES string of the molecule is Cc1cc(C)c(OC[C@H](O)[C@@H](O)[C@H](O)[C@H]2[C@H](O)[C@@H](O)CN2C(=O)OCc2ccccc2)c(C)c1. The molecule has 0 spiro atoms. The van der Waals surface area contributed by atoms with E-state index in [2.05, 4.69) is 0 Å². The number of likely N-dealkylation sites (tertiary alicyclic amines) is 1. The van der Waals surface area contributed by atoms with E-state index in [-0.39, 0.29) is 19.8 Å². The standard InChI is InChI=1S/C25H33NO8/c1-14-9-15(2)24(16(3)10-14)33-13-19(28)22(30)23(31)20-21(29)18(27)11-26(20)25(32)34-12-17-7-5-4-6-8-17/h4-10,18-23,27-31H,11-13H2,1-3H3/t18-,19-,20+,21+,22+,23+/m0/s1. The fraction of sp³-hybridized carbons (Fsp3) is 0.480. The van der Waals surface area contributed by atoms with Crippen molar-refractivity contribution in [2.75, 3.05) is 13.2 Å². The Morgan fingerprint density at radius 2 is 1.68 bits per heavy atom. The molecule has 0 radical (unpaired) electrons. The maximum atomic E-state index is 12.6. The zero-order valence-electron chi connectivity index (χ0n) is 19.5. The first-order chi connectivity index (χ1) is 16.1. The number of benzene rings is 2. The average molecular weight is 476 g/mol. The smallest absolute Gasteiger partial charge is 0.410 e. The molecule has 9 heteroatoms. The predicted molar refractivity (Wildman–Crippen MR) is 123 cm³/mol. The second-order valence-corrected chi connectivity index (χ2v) is 8.83. The number of carbonyl (C=O) groups excluding carboxylic acids is 1. The van der Waals surface area contributed by atoms with Crippen LogP contribution in [0, 0.1) is 20.8 Å². The normalized spacial score (nSPS) is 22.8. The molecule has 0 unspecified atom stereocenters. The summed E-state index contributed by atoms with van der Waals surface area (Å²) in [6.07, 6.45) is -8.81. The van der Waals surface area contributed by atoms with Crippen molar-refractivity contribution in [3.63, 3.8) is 0 Å². The third-order valence-electron chi connectivity index (χ3n) is 6.02. The summed E-state index contributed by atoms with van der Waals surface area (Å²) >= 11 is 0. The summed E-state index contributed by atoms with van der Waals surface area (Å²) in [4.78, 5) is 13.6. The van der Waals surface area contributed by atoms with Crippen molar-refractivity contribution in [2.45, 2.75) is 63.9 Å². The summed E-state index contributed by atoms with van der Waals surface area (Å²) in [5.74, 6) is 0.564. The highest BCUT2D eigenvalue weighted by Crippen LogP contribution is 2.27. The maximum Gasteiger partial charge on any atom is 0.410 e. The Hall–Kier alpha value is -2.69. The molecule has 34 heavy (non-hydrogen) atoms. The molecule has 9 nitrogen and oxygen atoms in total. The van der Waals surface area contributed by atoms with Crippen LogP contribution in [0.1, 0.15) is 22.3 Å². The van der Waals surface area contributed by atoms with E-state index < -0.39 is 42.7 Å².